The van der Waals surface area contributed by atoms with Crippen LogP contribution < -0.4 is 5.32 Å². The normalized spacial score (nSPS) is 21.7. The second-order valence-electron chi connectivity index (χ2n) is 6.02. The number of nitrogens with one attached hydrogen (secondary N) is 1. The van der Waals surface area contributed by atoms with Crippen LogP contribution in [0, 0.1) is 0 Å². The van der Waals surface area contributed by atoms with E-state index in [0.29, 0.717) is 6.04 Å². The molecule has 1 aliphatic heterocycles. The first kappa shape index (κ1) is 14.9. The van der Waals surface area contributed by atoms with E-state index in [0.717, 1.165) is 6.42 Å². The van der Waals surface area contributed by atoms with Gasteiger partial charge in [0.15, 0.2) is 0 Å². The lowest BCUT2D eigenvalue weighted by molar-refractivity contribution is 0.145. The third-order valence-electron chi connectivity index (χ3n) is 3.64. The molecule has 3 nitrogen and oxygen atoms in total. The highest BCUT2D eigenvalue weighted by Gasteiger charge is 2.23. The molecule has 17 heavy (non-hydrogen) atoms. The maximum atomic E-state index is 9.50. The molecule has 0 radical (unpaired) electrons. The quantitative estimate of drug-likeness (QED) is 0.717. The first-order valence-corrected chi connectivity index (χ1v) is 7.17. The lowest BCUT2D eigenvalue weighted by Crippen LogP contribution is -2.49. The average Bonchev–Trinajstić information content (AvgIpc) is 2.29. The predicted molar refractivity (Wildman–Crippen MR) is 73.3 cm³/mol. The van der Waals surface area contributed by atoms with Crippen LogP contribution in [-0.4, -0.2) is 47.8 Å². The van der Waals surface area contributed by atoms with Crippen molar-refractivity contribution in [1.29, 1.82) is 0 Å². The molecule has 0 aromatic rings. The molecule has 0 amide bonds. The molecular weight excluding hydrogens is 212 g/mol. The number of aliphatic hydroxyl groups excluding tert-OH is 1. The molecule has 1 fully saturated rings. The highest BCUT2D eigenvalue weighted by atomic mass is 16.3. The van der Waals surface area contributed by atoms with Gasteiger partial charge in [-0.25, -0.2) is 0 Å². The van der Waals surface area contributed by atoms with E-state index in [9.17, 15) is 5.11 Å². The Kier molecular flexibility index (Phi) is 6.45. The SMILES string of the molecule is CC(C)NC(C)(CO)CCCN1CCCCC1. The van der Waals surface area contributed by atoms with Crippen LogP contribution in [0.5, 0.6) is 0 Å². The van der Waals surface area contributed by atoms with Crippen LogP contribution in [0.25, 0.3) is 0 Å². The minimum atomic E-state index is -0.107. The number of piperidine rings is 1. The predicted octanol–water partition coefficient (Wildman–Crippen LogP) is 2.00. The summed E-state index contributed by atoms with van der Waals surface area (Å²) in [4.78, 5) is 2.57. The maximum absolute atomic E-state index is 9.50. The summed E-state index contributed by atoms with van der Waals surface area (Å²) in [6.07, 6.45) is 6.36. The summed E-state index contributed by atoms with van der Waals surface area (Å²) < 4.78 is 0. The number of hydrogen-bond acceptors (Lipinski definition) is 3. The van der Waals surface area contributed by atoms with Crippen molar-refractivity contribution in [2.24, 2.45) is 0 Å². The van der Waals surface area contributed by atoms with Crippen molar-refractivity contribution in [1.82, 2.24) is 10.2 Å². The van der Waals surface area contributed by atoms with E-state index >= 15 is 0 Å². The van der Waals surface area contributed by atoms with Crippen LogP contribution in [-0.2, 0) is 0 Å². The molecule has 102 valence electrons. The highest BCUT2D eigenvalue weighted by Crippen LogP contribution is 2.15. The number of hydrogen-bond donors (Lipinski definition) is 2. The molecule has 1 rings (SSSR count). The van der Waals surface area contributed by atoms with E-state index in [1.54, 1.807) is 0 Å². The zero-order chi connectivity index (χ0) is 12.7. The fraction of sp³-hybridized carbons (Fsp3) is 1.00. The Balaban J connectivity index is 2.22. The van der Waals surface area contributed by atoms with Gasteiger partial charge >= 0.3 is 0 Å². The van der Waals surface area contributed by atoms with Crippen LogP contribution in [0.2, 0.25) is 0 Å². The molecule has 1 saturated heterocycles. The average molecular weight is 242 g/mol. The Hall–Kier alpha value is -0.120. The van der Waals surface area contributed by atoms with Crippen molar-refractivity contribution in [2.75, 3.05) is 26.2 Å². The third-order valence-corrected chi connectivity index (χ3v) is 3.64. The molecule has 0 spiro atoms. The molecule has 0 aliphatic carbocycles. The summed E-state index contributed by atoms with van der Waals surface area (Å²) in [6, 6.07) is 0.433. The monoisotopic (exact) mass is 242 g/mol. The molecule has 0 bridgehead atoms. The van der Waals surface area contributed by atoms with Crippen molar-refractivity contribution >= 4 is 0 Å². The zero-order valence-corrected chi connectivity index (χ0v) is 11.8. The second kappa shape index (κ2) is 7.34. The number of likely N-dealkylation sites (tertiary alicyclic amines) is 1. The summed E-state index contributed by atoms with van der Waals surface area (Å²) in [5, 5.41) is 13.0. The molecular formula is C14H30N2O. The van der Waals surface area contributed by atoms with Crippen LogP contribution in [0.4, 0.5) is 0 Å². The van der Waals surface area contributed by atoms with Gasteiger partial charge in [-0.05, 0) is 52.2 Å². The van der Waals surface area contributed by atoms with Crippen LogP contribution in [0.1, 0.15) is 52.9 Å². The summed E-state index contributed by atoms with van der Waals surface area (Å²) >= 11 is 0. The molecule has 2 N–H and O–H groups in total. The molecule has 1 atom stereocenters. The Morgan fingerprint density at radius 1 is 1.24 bits per heavy atom. The van der Waals surface area contributed by atoms with Gasteiger partial charge < -0.3 is 15.3 Å². The van der Waals surface area contributed by atoms with E-state index in [1.807, 2.05) is 0 Å². The molecule has 1 unspecified atom stereocenters. The van der Waals surface area contributed by atoms with Crippen LogP contribution in [0.15, 0.2) is 0 Å². The van der Waals surface area contributed by atoms with Crippen molar-refractivity contribution in [3.05, 3.63) is 0 Å². The zero-order valence-electron chi connectivity index (χ0n) is 11.8. The summed E-state index contributed by atoms with van der Waals surface area (Å²) in [6.45, 7) is 10.4. The number of nitrogens with zero attached hydrogens (tertiary/aromatic N) is 1. The Labute approximate surface area is 107 Å². The lowest BCUT2D eigenvalue weighted by Gasteiger charge is -2.33. The Bertz CT molecular complexity index is 202. The van der Waals surface area contributed by atoms with Gasteiger partial charge in [-0.1, -0.05) is 20.3 Å². The van der Waals surface area contributed by atoms with Gasteiger partial charge in [0.05, 0.1) is 6.61 Å². The largest absolute Gasteiger partial charge is 0.394 e. The minimum Gasteiger partial charge on any atom is -0.394 e. The van der Waals surface area contributed by atoms with Gasteiger partial charge in [0, 0.05) is 11.6 Å². The van der Waals surface area contributed by atoms with Crippen LogP contribution >= 0.6 is 0 Å². The van der Waals surface area contributed by atoms with Gasteiger partial charge in [0.25, 0.3) is 0 Å². The van der Waals surface area contributed by atoms with Gasteiger partial charge in [0.2, 0.25) is 0 Å². The summed E-state index contributed by atoms with van der Waals surface area (Å²) in [5.41, 5.74) is -0.107. The van der Waals surface area contributed by atoms with Gasteiger partial charge in [0.1, 0.15) is 0 Å². The Morgan fingerprint density at radius 3 is 2.41 bits per heavy atom. The lowest BCUT2D eigenvalue weighted by atomic mass is 9.95. The first-order chi connectivity index (χ1) is 8.06. The van der Waals surface area contributed by atoms with E-state index in [1.165, 1.54) is 45.3 Å². The minimum absolute atomic E-state index is 0.107. The van der Waals surface area contributed by atoms with Crippen LogP contribution in [0.3, 0.4) is 0 Å². The van der Waals surface area contributed by atoms with E-state index < -0.39 is 0 Å². The smallest absolute Gasteiger partial charge is 0.0610 e. The Morgan fingerprint density at radius 2 is 1.88 bits per heavy atom. The molecule has 1 heterocycles. The fourth-order valence-electron chi connectivity index (χ4n) is 2.77. The maximum Gasteiger partial charge on any atom is 0.0610 e. The fourth-order valence-corrected chi connectivity index (χ4v) is 2.77. The van der Waals surface area contributed by atoms with Crippen molar-refractivity contribution < 1.29 is 5.11 Å². The first-order valence-electron chi connectivity index (χ1n) is 7.17. The molecule has 0 saturated carbocycles. The van der Waals surface area contributed by atoms with Crippen molar-refractivity contribution in [2.45, 2.75) is 64.5 Å². The summed E-state index contributed by atoms with van der Waals surface area (Å²) in [5.74, 6) is 0. The number of rotatable bonds is 7. The van der Waals surface area contributed by atoms with E-state index in [4.69, 9.17) is 0 Å². The molecule has 0 aromatic heterocycles. The standard InChI is InChI=1S/C14H30N2O/c1-13(2)15-14(3,12-17)8-7-11-16-9-5-4-6-10-16/h13,15,17H,4-12H2,1-3H3. The summed E-state index contributed by atoms with van der Waals surface area (Å²) in [7, 11) is 0. The van der Waals surface area contributed by atoms with E-state index in [-0.39, 0.29) is 12.1 Å². The van der Waals surface area contributed by atoms with E-state index in [2.05, 4.69) is 31.0 Å². The van der Waals surface area contributed by atoms with Gasteiger partial charge in [-0.15, -0.1) is 0 Å². The molecule has 0 aromatic carbocycles. The van der Waals surface area contributed by atoms with Crippen molar-refractivity contribution in [3.63, 3.8) is 0 Å². The van der Waals surface area contributed by atoms with Gasteiger partial charge in [-0.2, -0.15) is 0 Å². The molecule has 3 heteroatoms. The number of aliphatic hydroxyl groups is 1. The van der Waals surface area contributed by atoms with Crippen molar-refractivity contribution in [3.8, 4) is 0 Å². The highest BCUT2D eigenvalue weighted by molar-refractivity contribution is 4.84. The third kappa shape index (κ3) is 5.84. The molecule has 1 aliphatic rings. The second-order valence-corrected chi connectivity index (χ2v) is 6.02. The van der Waals surface area contributed by atoms with Gasteiger partial charge in [-0.3, -0.25) is 0 Å². The topological polar surface area (TPSA) is 35.5 Å².